The van der Waals surface area contributed by atoms with E-state index in [0.717, 1.165) is 11.3 Å². The number of fused-ring (bicyclic) bond motifs is 1. The fraction of sp³-hybridized carbons (Fsp3) is 0.421. The Morgan fingerprint density at radius 2 is 1.81 bits per heavy atom. The number of hydrogen-bond donors (Lipinski definition) is 1. The van der Waals surface area contributed by atoms with Crippen molar-refractivity contribution in [2.24, 2.45) is 0 Å². The number of rotatable bonds is 3. The van der Waals surface area contributed by atoms with E-state index in [-0.39, 0.29) is 11.8 Å². The average Bonchev–Trinajstić information content (AvgIpc) is 3.16. The van der Waals surface area contributed by atoms with E-state index in [1.165, 1.54) is 0 Å². The highest BCUT2D eigenvalue weighted by molar-refractivity contribution is 5.96. The van der Waals surface area contributed by atoms with Crippen LogP contribution in [-0.4, -0.2) is 71.8 Å². The molecule has 1 aromatic heterocycles. The molecule has 27 heavy (non-hydrogen) atoms. The minimum Gasteiger partial charge on any atom is -0.497 e. The first kappa shape index (κ1) is 17.5. The highest BCUT2D eigenvalue weighted by atomic mass is 16.5. The number of aromatic nitrogens is 2. The molecule has 2 aliphatic heterocycles. The van der Waals surface area contributed by atoms with Gasteiger partial charge in [-0.2, -0.15) is 5.10 Å². The summed E-state index contributed by atoms with van der Waals surface area (Å²) in [5.74, 6) is 0.546. The molecular formula is C19H22N4O4. The van der Waals surface area contributed by atoms with Crippen LogP contribution in [0.5, 0.6) is 5.75 Å². The van der Waals surface area contributed by atoms with Gasteiger partial charge in [-0.25, -0.2) is 0 Å². The van der Waals surface area contributed by atoms with Crippen molar-refractivity contribution in [3.8, 4) is 5.75 Å². The summed E-state index contributed by atoms with van der Waals surface area (Å²) < 4.78 is 10.5. The Bertz CT molecular complexity index is 840. The summed E-state index contributed by atoms with van der Waals surface area (Å²) in [6.45, 7) is 3.18. The predicted octanol–water partition coefficient (Wildman–Crippen LogP) is 1.09. The summed E-state index contributed by atoms with van der Waals surface area (Å²) in [4.78, 5) is 29.2. The van der Waals surface area contributed by atoms with Gasteiger partial charge in [0.1, 0.15) is 5.75 Å². The number of aromatic amines is 1. The van der Waals surface area contributed by atoms with Crippen molar-refractivity contribution in [2.45, 2.75) is 13.0 Å². The van der Waals surface area contributed by atoms with Crippen LogP contribution in [0, 0.1) is 0 Å². The fourth-order valence-corrected chi connectivity index (χ4v) is 3.48. The lowest BCUT2D eigenvalue weighted by Gasteiger charge is -2.29. The van der Waals surface area contributed by atoms with Crippen molar-refractivity contribution < 1.29 is 19.1 Å². The molecule has 1 N–H and O–H groups in total. The Morgan fingerprint density at radius 1 is 1.07 bits per heavy atom. The Hall–Kier alpha value is -2.87. The number of amides is 2. The summed E-state index contributed by atoms with van der Waals surface area (Å²) in [5.41, 5.74) is 2.77. The topological polar surface area (TPSA) is 87.8 Å². The van der Waals surface area contributed by atoms with Gasteiger partial charge >= 0.3 is 0 Å². The van der Waals surface area contributed by atoms with Crippen LogP contribution in [0.1, 0.15) is 32.1 Å². The van der Waals surface area contributed by atoms with Gasteiger partial charge in [0.2, 0.25) is 0 Å². The zero-order chi connectivity index (χ0) is 18.8. The van der Waals surface area contributed by atoms with Crippen molar-refractivity contribution in [1.82, 2.24) is 20.0 Å². The number of nitrogens with zero attached hydrogens (tertiary/aromatic N) is 3. The molecule has 0 unspecified atom stereocenters. The van der Waals surface area contributed by atoms with Gasteiger partial charge in [0.25, 0.3) is 11.8 Å². The first-order chi connectivity index (χ1) is 13.2. The van der Waals surface area contributed by atoms with Crippen LogP contribution in [0.25, 0.3) is 0 Å². The van der Waals surface area contributed by atoms with E-state index in [1.807, 2.05) is 0 Å². The molecule has 0 atom stereocenters. The van der Waals surface area contributed by atoms with Crippen LogP contribution in [0.2, 0.25) is 0 Å². The Kier molecular flexibility index (Phi) is 4.81. The molecule has 2 amide bonds. The number of hydrogen-bond acceptors (Lipinski definition) is 5. The van der Waals surface area contributed by atoms with E-state index < -0.39 is 0 Å². The third kappa shape index (κ3) is 3.40. The second kappa shape index (κ2) is 7.40. The average molecular weight is 370 g/mol. The van der Waals surface area contributed by atoms with Gasteiger partial charge in [-0.05, 0) is 24.3 Å². The smallest absolute Gasteiger partial charge is 0.274 e. The van der Waals surface area contributed by atoms with Gasteiger partial charge in [-0.3, -0.25) is 14.7 Å². The Balaban J connectivity index is 1.52. The molecule has 0 bridgehead atoms. The molecule has 2 aliphatic rings. The lowest BCUT2D eigenvalue weighted by Crippen LogP contribution is -2.42. The Morgan fingerprint density at radius 3 is 2.52 bits per heavy atom. The van der Waals surface area contributed by atoms with E-state index in [9.17, 15) is 9.59 Å². The van der Waals surface area contributed by atoms with Gasteiger partial charge < -0.3 is 19.3 Å². The largest absolute Gasteiger partial charge is 0.497 e. The number of benzene rings is 1. The number of H-pyrrole nitrogens is 1. The maximum absolute atomic E-state index is 12.9. The lowest BCUT2D eigenvalue weighted by atomic mass is 10.0. The van der Waals surface area contributed by atoms with Gasteiger partial charge in [-0.1, -0.05) is 0 Å². The zero-order valence-corrected chi connectivity index (χ0v) is 15.2. The standard InChI is InChI=1S/C19H22N4O4/c1-26-14-4-2-13(3-5-14)18(24)23-7-6-16-15(12-23)17(21-20-16)19(25)22-8-10-27-11-9-22/h2-5H,6-12H2,1H3,(H,20,21). The molecule has 3 heterocycles. The molecule has 8 heteroatoms. The number of morpholine rings is 1. The number of carbonyl (C=O) groups is 2. The van der Waals surface area contributed by atoms with Crippen LogP contribution in [0.3, 0.4) is 0 Å². The molecule has 0 radical (unpaired) electrons. The molecule has 4 rings (SSSR count). The molecule has 2 aromatic rings. The first-order valence-electron chi connectivity index (χ1n) is 9.04. The molecule has 0 saturated carbocycles. The van der Waals surface area contributed by atoms with Crippen molar-refractivity contribution >= 4 is 11.8 Å². The van der Waals surface area contributed by atoms with Crippen LogP contribution in [0.4, 0.5) is 0 Å². The van der Waals surface area contributed by atoms with Crippen LogP contribution in [-0.2, 0) is 17.7 Å². The van der Waals surface area contributed by atoms with E-state index in [1.54, 1.807) is 41.2 Å². The maximum Gasteiger partial charge on any atom is 0.274 e. The summed E-state index contributed by atoms with van der Waals surface area (Å²) in [6, 6.07) is 7.05. The van der Waals surface area contributed by atoms with Crippen LogP contribution in [0.15, 0.2) is 24.3 Å². The minimum atomic E-state index is -0.102. The van der Waals surface area contributed by atoms with Crippen LogP contribution >= 0.6 is 0 Å². The molecule has 1 aromatic carbocycles. The maximum atomic E-state index is 12.9. The minimum absolute atomic E-state index is 0.0609. The third-order valence-electron chi connectivity index (χ3n) is 5.06. The van der Waals surface area contributed by atoms with Gasteiger partial charge in [-0.15, -0.1) is 0 Å². The Labute approximate surface area is 157 Å². The molecule has 1 saturated heterocycles. The molecule has 0 aliphatic carbocycles. The third-order valence-corrected chi connectivity index (χ3v) is 5.06. The summed E-state index contributed by atoms with van der Waals surface area (Å²) >= 11 is 0. The fourth-order valence-electron chi connectivity index (χ4n) is 3.48. The molecule has 8 nitrogen and oxygen atoms in total. The first-order valence-corrected chi connectivity index (χ1v) is 9.04. The number of nitrogens with one attached hydrogen (secondary N) is 1. The molecular weight excluding hydrogens is 348 g/mol. The monoisotopic (exact) mass is 370 g/mol. The summed E-state index contributed by atoms with van der Waals surface area (Å²) in [6.07, 6.45) is 0.653. The van der Waals surface area contributed by atoms with Crippen molar-refractivity contribution in [3.05, 3.63) is 46.8 Å². The van der Waals surface area contributed by atoms with E-state index >= 15 is 0 Å². The number of carbonyl (C=O) groups excluding carboxylic acids is 2. The van der Waals surface area contributed by atoms with Gasteiger partial charge in [0.05, 0.1) is 26.9 Å². The lowest BCUT2D eigenvalue weighted by molar-refractivity contribution is 0.0297. The molecule has 1 fully saturated rings. The van der Waals surface area contributed by atoms with Gasteiger partial charge in [0, 0.05) is 42.9 Å². The van der Waals surface area contributed by atoms with Crippen molar-refractivity contribution in [2.75, 3.05) is 40.0 Å². The molecule has 0 spiro atoms. The summed E-state index contributed by atoms with van der Waals surface area (Å²) in [5, 5.41) is 7.23. The quantitative estimate of drug-likeness (QED) is 0.874. The SMILES string of the molecule is COc1ccc(C(=O)N2CCc3[nH]nc(C(=O)N4CCOCC4)c3C2)cc1. The second-order valence-corrected chi connectivity index (χ2v) is 6.64. The number of methoxy groups -OCH3 is 1. The van der Waals surface area contributed by atoms with Crippen molar-refractivity contribution in [1.29, 1.82) is 0 Å². The van der Waals surface area contributed by atoms with Gasteiger partial charge in [0.15, 0.2) is 5.69 Å². The number of ether oxygens (including phenoxy) is 2. The summed E-state index contributed by atoms with van der Waals surface area (Å²) in [7, 11) is 1.59. The van der Waals surface area contributed by atoms with Crippen molar-refractivity contribution in [3.63, 3.8) is 0 Å². The second-order valence-electron chi connectivity index (χ2n) is 6.64. The van der Waals surface area contributed by atoms with E-state index in [2.05, 4.69) is 10.2 Å². The molecule has 142 valence electrons. The zero-order valence-electron chi connectivity index (χ0n) is 15.2. The van der Waals surface area contributed by atoms with E-state index in [0.29, 0.717) is 62.8 Å². The normalized spacial score (nSPS) is 16.8. The van der Waals surface area contributed by atoms with Crippen LogP contribution < -0.4 is 4.74 Å². The van der Waals surface area contributed by atoms with E-state index in [4.69, 9.17) is 9.47 Å². The highest BCUT2D eigenvalue weighted by Crippen LogP contribution is 2.24. The highest BCUT2D eigenvalue weighted by Gasteiger charge is 2.30. The predicted molar refractivity (Wildman–Crippen MR) is 96.7 cm³/mol.